The predicted octanol–water partition coefficient (Wildman–Crippen LogP) is 4.41. The molecule has 1 aliphatic rings. The molecule has 2 aromatic carbocycles. The van der Waals surface area contributed by atoms with E-state index in [0.29, 0.717) is 41.3 Å². The number of hydrogen-bond donors (Lipinski definition) is 1. The van der Waals surface area contributed by atoms with Gasteiger partial charge in [0.05, 0.1) is 10.6 Å². The lowest BCUT2D eigenvalue weighted by molar-refractivity contribution is 0.0690. The summed E-state index contributed by atoms with van der Waals surface area (Å²) in [5.41, 5.74) is 9.86. The first-order chi connectivity index (χ1) is 19.4. The highest BCUT2D eigenvalue weighted by Crippen LogP contribution is 2.27. The van der Waals surface area contributed by atoms with Crippen molar-refractivity contribution in [1.82, 2.24) is 23.8 Å². The Labute approximate surface area is 232 Å². The molecule has 1 amide bonds. The van der Waals surface area contributed by atoms with Crippen molar-refractivity contribution in [1.29, 1.82) is 0 Å². The van der Waals surface area contributed by atoms with Gasteiger partial charge >= 0.3 is 0 Å². The molecule has 1 aliphatic heterocycles. The number of rotatable bonds is 6. The monoisotopic (exact) mass is 552 g/mol. The molecule has 1 fully saturated rings. The number of carbonyl (C=O) groups excluding carboxylic acids is 1. The van der Waals surface area contributed by atoms with Crippen LogP contribution in [-0.2, 0) is 16.4 Å². The Morgan fingerprint density at radius 2 is 1.68 bits per heavy atom. The number of hydrogen-bond acceptors (Lipinski definition) is 7. The molecular weight excluding hydrogens is 524 g/mol. The third-order valence-corrected chi connectivity index (χ3v) is 9.05. The Balaban J connectivity index is 1.15. The summed E-state index contributed by atoms with van der Waals surface area (Å²) in [6.45, 7) is 1.41. The predicted molar refractivity (Wildman–Crippen MR) is 153 cm³/mol. The summed E-state index contributed by atoms with van der Waals surface area (Å²) in [7, 11) is -3.75. The first-order valence-electron chi connectivity index (χ1n) is 13.1. The molecule has 202 valence electrons. The van der Waals surface area contributed by atoms with Crippen molar-refractivity contribution in [2.75, 3.05) is 18.8 Å². The van der Waals surface area contributed by atoms with Crippen LogP contribution in [0.15, 0.2) is 96.4 Å². The summed E-state index contributed by atoms with van der Waals surface area (Å²) < 4.78 is 27.4. The van der Waals surface area contributed by atoms with Gasteiger partial charge in [-0.1, -0.05) is 18.2 Å². The van der Waals surface area contributed by atoms with E-state index in [4.69, 9.17) is 5.73 Å². The van der Waals surface area contributed by atoms with Gasteiger partial charge in [0.2, 0.25) is 0 Å². The first-order valence-corrected chi connectivity index (χ1v) is 14.6. The van der Waals surface area contributed by atoms with Crippen molar-refractivity contribution >= 4 is 32.7 Å². The molecule has 5 aromatic rings. The fraction of sp³-hybridized carbons (Fsp3) is 0.200. The lowest BCUT2D eigenvalue weighted by Gasteiger charge is -2.32. The highest BCUT2D eigenvalue weighted by atomic mass is 32.2. The fourth-order valence-corrected chi connectivity index (χ4v) is 6.48. The van der Waals surface area contributed by atoms with Gasteiger partial charge in [-0.05, 0) is 79.8 Å². The third kappa shape index (κ3) is 5.05. The lowest BCUT2D eigenvalue weighted by Crippen LogP contribution is -2.39. The second kappa shape index (κ2) is 10.5. The molecule has 0 spiro atoms. The van der Waals surface area contributed by atoms with Crippen LogP contribution in [0.3, 0.4) is 0 Å². The van der Waals surface area contributed by atoms with Crippen molar-refractivity contribution in [2.45, 2.75) is 24.2 Å². The van der Waals surface area contributed by atoms with E-state index in [1.807, 2.05) is 17.0 Å². The van der Waals surface area contributed by atoms with Crippen LogP contribution in [0.4, 0.5) is 5.69 Å². The highest BCUT2D eigenvalue weighted by Gasteiger charge is 2.24. The molecule has 1 saturated heterocycles. The van der Waals surface area contributed by atoms with Crippen LogP contribution in [0.2, 0.25) is 0 Å². The van der Waals surface area contributed by atoms with Crippen LogP contribution in [0.5, 0.6) is 0 Å². The molecule has 10 heteroatoms. The van der Waals surface area contributed by atoms with Gasteiger partial charge in [-0.15, -0.1) is 0 Å². The zero-order valence-corrected chi connectivity index (χ0v) is 22.5. The number of fused-ring (bicyclic) bond motifs is 1. The van der Waals surface area contributed by atoms with E-state index in [0.717, 1.165) is 36.2 Å². The van der Waals surface area contributed by atoms with Gasteiger partial charge in [0, 0.05) is 53.4 Å². The molecule has 6 rings (SSSR count). The minimum absolute atomic E-state index is 0.0380. The normalized spacial score (nSPS) is 14.4. The molecule has 0 bridgehead atoms. The van der Waals surface area contributed by atoms with Gasteiger partial charge in [0.25, 0.3) is 15.9 Å². The Hall–Kier alpha value is -4.57. The summed E-state index contributed by atoms with van der Waals surface area (Å²) in [5, 5.41) is 0.704. The summed E-state index contributed by atoms with van der Waals surface area (Å²) in [5.74, 6) is 0.451. The van der Waals surface area contributed by atoms with E-state index in [-0.39, 0.29) is 10.8 Å². The second-order valence-corrected chi connectivity index (χ2v) is 11.8. The summed E-state index contributed by atoms with van der Waals surface area (Å²) in [6.07, 6.45) is 7.32. The molecule has 40 heavy (non-hydrogen) atoms. The van der Waals surface area contributed by atoms with Gasteiger partial charge < -0.3 is 10.6 Å². The number of aromatic nitrogens is 4. The molecule has 0 unspecified atom stereocenters. The molecule has 4 heterocycles. The molecule has 3 aromatic heterocycles. The molecule has 9 nitrogen and oxygen atoms in total. The quantitative estimate of drug-likeness (QED) is 0.310. The van der Waals surface area contributed by atoms with Crippen LogP contribution in [0.1, 0.15) is 28.9 Å². The molecular formula is C30H28N6O3S. The fourth-order valence-electron chi connectivity index (χ4n) is 5.15. The van der Waals surface area contributed by atoms with Crippen LogP contribution in [0.25, 0.3) is 22.3 Å². The number of benzene rings is 2. The Bertz CT molecular complexity index is 1780. The zero-order chi connectivity index (χ0) is 27.7. The van der Waals surface area contributed by atoms with Gasteiger partial charge in [0.1, 0.15) is 6.33 Å². The number of piperidine rings is 1. The molecule has 0 radical (unpaired) electrons. The minimum Gasteiger partial charge on any atom is -0.399 e. The Morgan fingerprint density at radius 1 is 0.925 bits per heavy atom. The summed E-state index contributed by atoms with van der Waals surface area (Å²) in [6, 6.07) is 21.0. The Morgan fingerprint density at radius 3 is 2.42 bits per heavy atom. The van der Waals surface area contributed by atoms with Gasteiger partial charge in [-0.2, -0.15) is 0 Å². The van der Waals surface area contributed by atoms with Gasteiger partial charge in [-0.3, -0.25) is 4.79 Å². The van der Waals surface area contributed by atoms with Crippen molar-refractivity contribution in [3.63, 3.8) is 0 Å². The van der Waals surface area contributed by atoms with E-state index in [2.05, 4.69) is 15.0 Å². The second-order valence-electron chi connectivity index (χ2n) is 10.0. The average Bonchev–Trinajstić information content (AvgIpc) is 3.43. The van der Waals surface area contributed by atoms with E-state index >= 15 is 0 Å². The zero-order valence-electron chi connectivity index (χ0n) is 21.7. The topological polar surface area (TPSA) is 124 Å². The van der Waals surface area contributed by atoms with Gasteiger partial charge in [0.15, 0.2) is 5.65 Å². The number of amides is 1. The van der Waals surface area contributed by atoms with E-state index in [1.165, 1.54) is 10.2 Å². The summed E-state index contributed by atoms with van der Waals surface area (Å²) in [4.78, 5) is 28.4. The van der Waals surface area contributed by atoms with Crippen molar-refractivity contribution in [3.8, 4) is 11.3 Å². The maximum Gasteiger partial charge on any atom is 0.269 e. The number of nitrogen functional groups attached to an aromatic ring is 1. The van der Waals surface area contributed by atoms with Crippen molar-refractivity contribution in [2.24, 2.45) is 5.92 Å². The number of likely N-dealkylation sites (tertiary alicyclic amines) is 1. The third-order valence-electron chi connectivity index (χ3n) is 7.37. The molecule has 0 atom stereocenters. The summed E-state index contributed by atoms with van der Waals surface area (Å²) >= 11 is 0. The Kier molecular flexibility index (Phi) is 6.77. The highest BCUT2D eigenvalue weighted by molar-refractivity contribution is 7.90. The SMILES string of the molecule is Nc1ccc(C(=O)N2CCC(Cc3cc(-c4cnc5c(ccn5S(=O)(=O)c5ccccc5)c4)ncn3)CC2)cc1. The first kappa shape index (κ1) is 25.7. The van der Waals surface area contributed by atoms with Crippen LogP contribution in [-0.4, -0.2) is 51.2 Å². The maximum atomic E-state index is 13.1. The van der Waals surface area contributed by atoms with Crippen molar-refractivity contribution < 1.29 is 13.2 Å². The number of pyridine rings is 1. The van der Waals surface area contributed by atoms with Crippen molar-refractivity contribution in [3.05, 3.63) is 103 Å². The lowest BCUT2D eigenvalue weighted by atomic mass is 9.91. The maximum absolute atomic E-state index is 13.1. The van der Waals surface area contributed by atoms with Crippen LogP contribution in [0, 0.1) is 5.92 Å². The van der Waals surface area contributed by atoms with Crippen LogP contribution < -0.4 is 5.73 Å². The largest absolute Gasteiger partial charge is 0.399 e. The smallest absolute Gasteiger partial charge is 0.269 e. The number of anilines is 1. The minimum atomic E-state index is -3.75. The van der Waals surface area contributed by atoms with Crippen LogP contribution >= 0.6 is 0 Å². The number of nitrogens with zero attached hydrogens (tertiary/aromatic N) is 5. The van der Waals surface area contributed by atoms with E-state index < -0.39 is 10.0 Å². The van der Waals surface area contributed by atoms with E-state index in [1.54, 1.807) is 73.2 Å². The molecule has 0 saturated carbocycles. The average molecular weight is 553 g/mol. The standard InChI is InChI=1S/C30H28N6O3S/c31-25-8-6-22(7-9-25)30(37)35-13-10-21(11-14-35)16-26-18-28(34-20-33-26)24-17-23-12-15-36(29(23)32-19-24)40(38,39)27-4-2-1-3-5-27/h1-9,12,15,17-21H,10-11,13-14,16,31H2. The molecule has 2 N–H and O–H groups in total. The van der Waals surface area contributed by atoms with E-state index in [9.17, 15) is 13.2 Å². The van der Waals surface area contributed by atoms with Gasteiger partial charge in [-0.25, -0.2) is 27.3 Å². The number of carbonyl (C=O) groups is 1. The number of nitrogens with two attached hydrogens (primary N) is 1. The molecule has 0 aliphatic carbocycles.